The minimum absolute atomic E-state index is 0.391. The average Bonchev–Trinajstić information content (AvgIpc) is 2.47. The molecule has 0 fully saturated rings. The second-order valence-electron chi connectivity index (χ2n) is 8.37. The van der Waals surface area contributed by atoms with Gasteiger partial charge in [-0.1, -0.05) is 85.8 Å². The molecule has 0 aromatic heterocycles. The first-order valence-electron chi connectivity index (χ1n) is 9.89. The molecule has 0 heterocycles. The lowest BCUT2D eigenvalue weighted by atomic mass is 9.61. The topological polar surface area (TPSA) is 0 Å². The quantitative estimate of drug-likeness (QED) is 0.340. The summed E-state index contributed by atoms with van der Waals surface area (Å²) in [7, 11) is 0. The fraction of sp³-hybridized carbons (Fsp3) is 0.909. The molecule has 0 aliphatic rings. The lowest BCUT2D eigenvalue weighted by molar-refractivity contribution is 0.0662. The van der Waals surface area contributed by atoms with E-state index in [0.717, 1.165) is 17.8 Å². The van der Waals surface area contributed by atoms with Crippen molar-refractivity contribution in [3.8, 4) is 0 Å². The van der Waals surface area contributed by atoms with Crippen molar-refractivity contribution >= 4 is 0 Å². The molecule has 0 aromatic carbocycles. The van der Waals surface area contributed by atoms with Crippen molar-refractivity contribution in [2.45, 2.75) is 101 Å². The predicted molar refractivity (Wildman–Crippen MR) is 103 cm³/mol. The minimum Gasteiger partial charge on any atom is -0.0822 e. The summed E-state index contributed by atoms with van der Waals surface area (Å²) in [5, 5.41) is 0. The maximum atomic E-state index is 2.54. The molecule has 4 atom stereocenters. The van der Waals surface area contributed by atoms with E-state index >= 15 is 0 Å². The van der Waals surface area contributed by atoms with E-state index in [0.29, 0.717) is 11.3 Å². The Morgan fingerprint density at radius 2 is 1.55 bits per heavy atom. The summed E-state index contributed by atoms with van der Waals surface area (Å²) < 4.78 is 0. The van der Waals surface area contributed by atoms with Gasteiger partial charge in [-0.2, -0.15) is 0 Å². The number of allylic oxidation sites excluding steroid dienone is 2. The third kappa shape index (κ3) is 6.47. The Labute approximate surface area is 142 Å². The van der Waals surface area contributed by atoms with Crippen LogP contribution < -0.4 is 0 Å². The van der Waals surface area contributed by atoms with Crippen molar-refractivity contribution in [2.24, 2.45) is 29.1 Å². The van der Waals surface area contributed by atoms with Crippen LogP contribution >= 0.6 is 0 Å². The molecule has 0 amide bonds. The van der Waals surface area contributed by atoms with E-state index in [4.69, 9.17) is 0 Å². The lowest BCUT2D eigenvalue weighted by Crippen LogP contribution is -2.36. The summed E-state index contributed by atoms with van der Waals surface area (Å²) >= 11 is 0. The average molecular weight is 309 g/mol. The van der Waals surface area contributed by atoms with Crippen molar-refractivity contribution in [1.29, 1.82) is 0 Å². The molecule has 22 heavy (non-hydrogen) atoms. The van der Waals surface area contributed by atoms with E-state index in [1.807, 2.05) is 0 Å². The fourth-order valence-corrected chi connectivity index (χ4v) is 4.35. The van der Waals surface area contributed by atoms with E-state index in [-0.39, 0.29) is 0 Å². The van der Waals surface area contributed by atoms with E-state index < -0.39 is 0 Å². The predicted octanol–water partition coefficient (Wildman–Crippen LogP) is 7.88. The van der Waals surface area contributed by atoms with E-state index in [9.17, 15) is 0 Å². The summed E-state index contributed by atoms with van der Waals surface area (Å²) in [6.45, 7) is 21.5. The number of hydrogen-bond donors (Lipinski definition) is 0. The third-order valence-electron chi connectivity index (χ3n) is 6.08. The molecule has 0 radical (unpaired) electrons. The molecule has 0 rings (SSSR count). The Bertz CT molecular complexity index is 306. The number of hydrogen-bond acceptors (Lipinski definition) is 0. The van der Waals surface area contributed by atoms with Gasteiger partial charge in [0.1, 0.15) is 0 Å². The van der Waals surface area contributed by atoms with Gasteiger partial charge < -0.3 is 0 Å². The molecule has 0 saturated carbocycles. The van der Waals surface area contributed by atoms with Crippen LogP contribution in [0.2, 0.25) is 0 Å². The maximum absolute atomic E-state index is 2.54. The molecule has 0 spiro atoms. The largest absolute Gasteiger partial charge is 0.0822 e. The van der Waals surface area contributed by atoms with Crippen molar-refractivity contribution in [2.75, 3.05) is 0 Å². The highest BCUT2D eigenvalue weighted by Gasteiger charge is 2.38. The summed E-state index contributed by atoms with van der Waals surface area (Å²) in [4.78, 5) is 0. The second-order valence-corrected chi connectivity index (χ2v) is 8.37. The normalized spacial score (nSPS) is 17.7. The molecule has 0 nitrogen and oxygen atoms in total. The molecular weight excluding hydrogens is 264 g/mol. The Balaban J connectivity index is 5.41. The van der Waals surface area contributed by atoms with Crippen molar-refractivity contribution in [3.05, 3.63) is 11.6 Å². The van der Waals surface area contributed by atoms with Crippen molar-refractivity contribution < 1.29 is 0 Å². The van der Waals surface area contributed by atoms with Gasteiger partial charge in [0.25, 0.3) is 0 Å². The van der Waals surface area contributed by atoms with Crippen LogP contribution in [-0.4, -0.2) is 0 Å². The van der Waals surface area contributed by atoms with Gasteiger partial charge in [0.05, 0.1) is 0 Å². The molecule has 132 valence electrons. The Kier molecular flexibility index (Phi) is 10.4. The lowest BCUT2D eigenvalue weighted by Gasteiger charge is -2.44. The zero-order valence-electron chi connectivity index (χ0n) is 17.1. The second kappa shape index (κ2) is 10.5. The first-order valence-corrected chi connectivity index (χ1v) is 9.89. The Morgan fingerprint density at radius 1 is 0.955 bits per heavy atom. The first kappa shape index (κ1) is 21.7. The van der Waals surface area contributed by atoms with E-state index in [1.165, 1.54) is 44.1 Å². The summed E-state index contributed by atoms with van der Waals surface area (Å²) in [6.07, 6.45) is 10.6. The molecule has 0 heteroatoms. The van der Waals surface area contributed by atoms with Crippen molar-refractivity contribution in [3.63, 3.8) is 0 Å². The standard InChI is InChI=1S/C22H44/c1-10-14-19(12-3)16-21(18(7)11-2)22(8,9)20(13-4)15-17(5)6/h15,18-21H,10-14,16H2,1-9H3. The SMILES string of the molecule is CCCC(CC)CC(C(C)CC)C(C)(C)C(C=C(C)C)CC. The number of rotatable bonds is 11. The summed E-state index contributed by atoms with van der Waals surface area (Å²) in [6, 6.07) is 0. The van der Waals surface area contributed by atoms with Crippen LogP contribution in [0.25, 0.3) is 0 Å². The van der Waals surface area contributed by atoms with Crippen LogP contribution in [0.1, 0.15) is 101 Å². The van der Waals surface area contributed by atoms with E-state index in [1.54, 1.807) is 0 Å². The molecule has 0 bridgehead atoms. The van der Waals surface area contributed by atoms with Crippen LogP contribution in [0, 0.1) is 29.1 Å². The highest BCUT2D eigenvalue weighted by Crippen LogP contribution is 2.46. The van der Waals surface area contributed by atoms with Crippen molar-refractivity contribution in [1.82, 2.24) is 0 Å². The molecule has 0 N–H and O–H groups in total. The zero-order chi connectivity index (χ0) is 17.3. The van der Waals surface area contributed by atoms with Crippen LogP contribution in [0.4, 0.5) is 0 Å². The molecule has 4 unspecified atom stereocenters. The van der Waals surface area contributed by atoms with Gasteiger partial charge in [-0.25, -0.2) is 0 Å². The van der Waals surface area contributed by atoms with Gasteiger partial charge >= 0.3 is 0 Å². The maximum Gasteiger partial charge on any atom is -0.0180 e. The van der Waals surface area contributed by atoms with Gasteiger partial charge in [-0.15, -0.1) is 0 Å². The van der Waals surface area contributed by atoms with Gasteiger partial charge in [0.2, 0.25) is 0 Å². The highest BCUT2D eigenvalue weighted by molar-refractivity contribution is 5.03. The minimum atomic E-state index is 0.391. The van der Waals surface area contributed by atoms with E-state index in [2.05, 4.69) is 68.4 Å². The van der Waals surface area contributed by atoms with Gasteiger partial charge in [-0.3, -0.25) is 0 Å². The van der Waals surface area contributed by atoms with Gasteiger partial charge in [0.15, 0.2) is 0 Å². The van der Waals surface area contributed by atoms with Crippen LogP contribution in [0.5, 0.6) is 0 Å². The molecule has 0 saturated heterocycles. The van der Waals surface area contributed by atoms with Crippen LogP contribution in [0.3, 0.4) is 0 Å². The Morgan fingerprint density at radius 3 is 1.91 bits per heavy atom. The van der Waals surface area contributed by atoms with Crippen LogP contribution in [-0.2, 0) is 0 Å². The monoisotopic (exact) mass is 308 g/mol. The van der Waals surface area contributed by atoms with Gasteiger partial charge in [-0.05, 0) is 55.8 Å². The molecule has 0 aliphatic carbocycles. The summed E-state index contributed by atoms with van der Waals surface area (Å²) in [5.74, 6) is 3.26. The zero-order valence-corrected chi connectivity index (χ0v) is 17.1. The first-order chi connectivity index (χ1) is 10.2. The summed E-state index contributed by atoms with van der Waals surface area (Å²) in [5.41, 5.74) is 1.87. The smallest absolute Gasteiger partial charge is 0.0180 e. The molecule has 0 aliphatic heterocycles. The Hall–Kier alpha value is -0.260. The third-order valence-corrected chi connectivity index (χ3v) is 6.08. The van der Waals surface area contributed by atoms with Gasteiger partial charge in [0, 0.05) is 0 Å². The highest BCUT2D eigenvalue weighted by atomic mass is 14.4. The molecule has 0 aromatic rings. The fourth-order valence-electron chi connectivity index (χ4n) is 4.35. The molecular formula is C22H44. The van der Waals surface area contributed by atoms with Crippen LogP contribution in [0.15, 0.2) is 11.6 Å².